The average molecular weight is 297 g/mol. The van der Waals surface area contributed by atoms with Crippen molar-refractivity contribution in [1.29, 1.82) is 0 Å². The number of carbonyl (C=O) groups excluding carboxylic acids is 1. The molecule has 0 saturated heterocycles. The first-order valence-corrected chi connectivity index (χ1v) is 6.90. The molecule has 0 aliphatic carbocycles. The van der Waals surface area contributed by atoms with Gasteiger partial charge in [-0.25, -0.2) is 4.79 Å². The lowest BCUT2D eigenvalue weighted by atomic mass is 10.1. The zero-order valence-corrected chi connectivity index (χ0v) is 12.5. The third kappa shape index (κ3) is 2.48. The van der Waals surface area contributed by atoms with Crippen molar-refractivity contribution < 1.29 is 19.0 Å². The first-order valence-electron chi connectivity index (χ1n) is 6.52. The van der Waals surface area contributed by atoms with Gasteiger partial charge in [0.15, 0.2) is 5.76 Å². The van der Waals surface area contributed by atoms with E-state index in [9.17, 15) is 4.79 Å². The quantitative estimate of drug-likeness (QED) is 0.794. The van der Waals surface area contributed by atoms with E-state index in [0.717, 1.165) is 0 Å². The van der Waals surface area contributed by atoms with Crippen LogP contribution in [0.15, 0.2) is 30.0 Å². The number of carbonyl (C=O) groups is 1. The Kier molecular flexibility index (Phi) is 4.23. The van der Waals surface area contributed by atoms with Crippen LogP contribution in [0.25, 0.3) is 5.76 Å². The molecule has 4 nitrogen and oxygen atoms in total. The summed E-state index contributed by atoms with van der Waals surface area (Å²) in [7, 11) is 1.31. The summed E-state index contributed by atoms with van der Waals surface area (Å²) in [4.78, 5) is 11.9. The molecular formula is C15H17ClO4. The molecule has 108 valence electrons. The van der Waals surface area contributed by atoms with E-state index < -0.39 is 11.8 Å². The van der Waals surface area contributed by atoms with Crippen LogP contribution in [0.5, 0.6) is 0 Å². The number of esters is 1. The number of hydrogen-bond acceptors (Lipinski definition) is 4. The van der Waals surface area contributed by atoms with E-state index in [0.29, 0.717) is 29.2 Å². The SMILES string of the molecule is CCC1(CC)OC(C(=O)OC)=C(c2ccccc2Cl)O1. The Bertz CT molecular complexity index is 547. The number of rotatable bonds is 4. The zero-order valence-electron chi connectivity index (χ0n) is 11.7. The van der Waals surface area contributed by atoms with Crippen LogP contribution in [0, 0.1) is 0 Å². The highest BCUT2D eigenvalue weighted by atomic mass is 35.5. The smallest absolute Gasteiger partial charge is 0.377 e. The fourth-order valence-electron chi connectivity index (χ4n) is 2.07. The van der Waals surface area contributed by atoms with Gasteiger partial charge < -0.3 is 14.2 Å². The second-order valence-electron chi connectivity index (χ2n) is 4.45. The van der Waals surface area contributed by atoms with Crippen molar-refractivity contribution in [2.75, 3.05) is 7.11 Å². The summed E-state index contributed by atoms with van der Waals surface area (Å²) in [5.41, 5.74) is 0.623. The Morgan fingerprint density at radius 2 is 1.90 bits per heavy atom. The standard InChI is InChI=1S/C15H17ClO4/c1-4-15(5-2)19-12(13(20-15)14(17)18-3)10-8-6-7-9-11(10)16/h6-9H,4-5H2,1-3H3. The summed E-state index contributed by atoms with van der Waals surface area (Å²) in [5.74, 6) is -0.989. The van der Waals surface area contributed by atoms with Crippen LogP contribution in [0.4, 0.5) is 0 Å². The molecule has 0 atom stereocenters. The molecule has 0 aromatic heterocycles. The maximum atomic E-state index is 11.9. The van der Waals surface area contributed by atoms with E-state index in [1.807, 2.05) is 26.0 Å². The normalized spacial score (nSPS) is 16.6. The summed E-state index contributed by atoms with van der Waals surface area (Å²) in [6.07, 6.45) is 1.22. The Morgan fingerprint density at radius 1 is 1.25 bits per heavy atom. The van der Waals surface area contributed by atoms with Gasteiger partial charge in [-0.05, 0) is 12.1 Å². The van der Waals surface area contributed by atoms with Crippen molar-refractivity contribution in [3.05, 3.63) is 40.6 Å². The van der Waals surface area contributed by atoms with Gasteiger partial charge in [0.25, 0.3) is 11.5 Å². The van der Waals surface area contributed by atoms with Crippen LogP contribution in [-0.2, 0) is 19.0 Å². The van der Waals surface area contributed by atoms with E-state index in [-0.39, 0.29) is 5.76 Å². The predicted octanol–water partition coefficient (Wildman–Crippen LogP) is 3.74. The van der Waals surface area contributed by atoms with Crippen molar-refractivity contribution in [3.8, 4) is 0 Å². The molecule has 0 unspecified atom stereocenters. The minimum absolute atomic E-state index is 0.0734. The van der Waals surface area contributed by atoms with Gasteiger partial charge >= 0.3 is 5.97 Å². The molecule has 1 aliphatic heterocycles. The van der Waals surface area contributed by atoms with E-state index in [1.54, 1.807) is 12.1 Å². The molecule has 0 bridgehead atoms. The van der Waals surface area contributed by atoms with E-state index >= 15 is 0 Å². The molecule has 0 amide bonds. The van der Waals surface area contributed by atoms with Crippen LogP contribution in [0.2, 0.25) is 5.02 Å². The number of ether oxygens (including phenoxy) is 3. The second-order valence-corrected chi connectivity index (χ2v) is 4.86. The summed E-state index contributed by atoms with van der Waals surface area (Å²) < 4.78 is 16.4. The minimum Gasteiger partial charge on any atom is -0.463 e. The van der Waals surface area contributed by atoms with Gasteiger partial charge in [-0.2, -0.15) is 0 Å². The van der Waals surface area contributed by atoms with Crippen molar-refractivity contribution >= 4 is 23.3 Å². The highest BCUT2D eigenvalue weighted by molar-refractivity contribution is 6.32. The van der Waals surface area contributed by atoms with Crippen molar-refractivity contribution in [3.63, 3.8) is 0 Å². The Labute approximate surface area is 123 Å². The fraction of sp³-hybridized carbons (Fsp3) is 0.400. The van der Waals surface area contributed by atoms with Crippen molar-refractivity contribution in [1.82, 2.24) is 0 Å². The molecular weight excluding hydrogens is 280 g/mol. The molecule has 20 heavy (non-hydrogen) atoms. The number of benzene rings is 1. The second kappa shape index (κ2) is 5.75. The molecule has 1 aliphatic rings. The van der Waals surface area contributed by atoms with Gasteiger partial charge in [0.1, 0.15) is 0 Å². The highest BCUT2D eigenvalue weighted by Crippen LogP contribution is 2.42. The first-order chi connectivity index (χ1) is 9.56. The fourth-order valence-corrected chi connectivity index (χ4v) is 2.30. The maximum Gasteiger partial charge on any atom is 0.377 e. The third-order valence-corrected chi connectivity index (χ3v) is 3.68. The summed E-state index contributed by atoms with van der Waals surface area (Å²) >= 11 is 6.18. The number of halogens is 1. The zero-order chi connectivity index (χ0) is 14.8. The summed E-state index contributed by atoms with van der Waals surface area (Å²) in [6, 6.07) is 7.16. The topological polar surface area (TPSA) is 44.8 Å². The van der Waals surface area contributed by atoms with Gasteiger partial charge in [-0.3, -0.25) is 0 Å². The van der Waals surface area contributed by atoms with Crippen LogP contribution in [0.1, 0.15) is 32.3 Å². The third-order valence-electron chi connectivity index (χ3n) is 3.35. The van der Waals surface area contributed by atoms with Gasteiger partial charge in [-0.1, -0.05) is 37.6 Å². The lowest BCUT2D eigenvalue weighted by molar-refractivity contribution is -0.163. The van der Waals surface area contributed by atoms with Gasteiger partial charge in [0.05, 0.1) is 12.1 Å². The van der Waals surface area contributed by atoms with Crippen LogP contribution in [0.3, 0.4) is 0 Å². The lowest BCUT2D eigenvalue weighted by Crippen LogP contribution is -2.29. The van der Waals surface area contributed by atoms with Gasteiger partial charge in [0.2, 0.25) is 0 Å². The Balaban J connectivity index is 2.50. The summed E-state index contributed by atoms with van der Waals surface area (Å²) in [6.45, 7) is 3.88. The Morgan fingerprint density at radius 3 is 2.45 bits per heavy atom. The Hall–Kier alpha value is -1.68. The largest absolute Gasteiger partial charge is 0.463 e. The number of methoxy groups -OCH3 is 1. The monoisotopic (exact) mass is 296 g/mol. The summed E-state index contributed by atoms with van der Waals surface area (Å²) in [5, 5.41) is 0.496. The molecule has 2 rings (SSSR count). The van der Waals surface area contributed by atoms with Crippen LogP contribution >= 0.6 is 11.6 Å². The van der Waals surface area contributed by atoms with E-state index in [2.05, 4.69) is 0 Å². The molecule has 0 saturated carbocycles. The molecule has 1 aromatic carbocycles. The molecule has 0 radical (unpaired) electrons. The predicted molar refractivity (Wildman–Crippen MR) is 75.9 cm³/mol. The molecule has 0 fully saturated rings. The van der Waals surface area contributed by atoms with E-state index in [4.69, 9.17) is 25.8 Å². The van der Waals surface area contributed by atoms with Crippen LogP contribution < -0.4 is 0 Å². The minimum atomic E-state index is -0.835. The lowest BCUT2D eigenvalue weighted by Gasteiger charge is -2.26. The first kappa shape index (κ1) is 14.7. The molecule has 0 spiro atoms. The molecule has 5 heteroatoms. The van der Waals surface area contributed by atoms with Gasteiger partial charge in [-0.15, -0.1) is 0 Å². The number of hydrogen-bond donors (Lipinski definition) is 0. The molecule has 1 heterocycles. The molecule has 0 N–H and O–H groups in total. The van der Waals surface area contributed by atoms with E-state index in [1.165, 1.54) is 7.11 Å². The average Bonchev–Trinajstić information content (AvgIpc) is 2.87. The molecule has 1 aromatic rings. The van der Waals surface area contributed by atoms with Crippen LogP contribution in [-0.4, -0.2) is 18.9 Å². The van der Waals surface area contributed by atoms with Crippen molar-refractivity contribution in [2.45, 2.75) is 32.5 Å². The van der Waals surface area contributed by atoms with Gasteiger partial charge in [0, 0.05) is 18.4 Å². The highest BCUT2D eigenvalue weighted by Gasteiger charge is 2.44. The van der Waals surface area contributed by atoms with Crippen molar-refractivity contribution in [2.24, 2.45) is 0 Å². The maximum absolute atomic E-state index is 11.9.